The number of rotatable bonds is 4. The number of carbonyl (C=O) groups is 1. The molecule has 0 fully saturated rings. The Bertz CT molecular complexity index is 750. The molecular weight excluding hydrogens is 319 g/mol. The van der Waals surface area contributed by atoms with Crippen molar-refractivity contribution in [3.05, 3.63) is 52.7 Å². The third-order valence-electron chi connectivity index (χ3n) is 3.56. The molecule has 0 bridgehead atoms. The molecule has 0 amide bonds. The van der Waals surface area contributed by atoms with Crippen molar-refractivity contribution >= 4 is 5.97 Å². The summed E-state index contributed by atoms with van der Waals surface area (Å²) >= 11 is 0. The second-order valence-electron chi connectivity index (χ2n) is 6.14. The Morgan fingerprint density at radius 2 is 1.79 bits per heavy atom. The van der Waals surface area contributed by atoms with E-state index in [9.17, 15) is 23.1 Å². The van der Waals surface area contributed by atoms with Crippen LogP contribution in [-0.4, -0.2) is 16.1 Å². The second kappa shape index (κ2) is 6.63. The Kier molecular flexibility index (Phi) is 4.96. The van der Waals surface area contributed by atoms with Crippen molar-refractivity contribution in [2.24, 2.45) is 5.92 Å². The maximum atomic E-state index is 13.4. The van der Waals surface area contributed by atoms with Crippen molar-refractivity contribution in [3.63, 3.8) is 0 Å². The Balaban J connectivity index is 2.74. The standard InChI is InChI=1S/C18H18F3NO2/c1-10(2)8-15-16(17(23)24)13(18(19,20)21)9-14(22-15)12-6-4-11(3)5-7-12/h4-7,9-10H,8H2,1-3H3,(H,23,24). The molecule has 1 aromatic carbocycles. The molecule has 0 aliphatic heterocycles. The van der Waals surface area contributed by atoms with Crippen LogP contribution in [0.2, 0.25) is 0 Å². The van der Waals surface area contributed by atoms with Crippen LogP contribution in [0, 0.1) is 12.8 Å². The van der Waals surface area contributed by atoms with Crippen molar-refractivity contribution in [1.29, 1.82) is 0 Å². The molecule has 1 heterocycles. The van der Waals surface area contributed by atoms with Crippen molar-refractivity contribution in [2.75, 3.05) is 0 Å². The largest absolute Gasteiger partial charge is 0.478 e. The molecule has 0 unspecified atom stereocenters. The van der Waals surface area contributed by atoms with Gasteiger partial charge in [0.05, 0.1) is 22.5 Å². The van der Waals surface area contributed by atoms with Crippen LogP contribution in [0.5, 0.6) is 0 Å². The summed E-state index contributed by atoms with van der Waals surface area (Å²) < 4.78 is 40.2. The first-order chi connectivity index (χ1) is 11.1. The van der Waals surface area contributed by atoms with Crippen LogP contribution in [0.15, 0.2) is 30.3 Å². The van der Waals surface area contributed by atoms with Crippen LogP contribution in [-0.2, 0) is 12.6 Å². The number of halogens is 3. The lowest BCUT2D eigenvalue weighted by Crippen LogP contribution is -2.18. The molecular formula is C18H18F3NO2. The first kappa shape index (κ1) is 18.0. The Hall–Kier alpha value is -2.37. The van der Waals surface area contributed by atoms with E-state index >= 15 is 0 Å². The van der Waals surface area contributed by atoms with E-state index in [2.05, 4.69) is 4.98 Å². The van der Waals surface area contributed by atoms with Gasteiger partial charge in [0.15, 0.2) is 0 Å². The Labute approximate surface area is 138 Å². The molecule has 128 valence electrons. The molecule has 1 N–H and O–H groups in total. The summed E-state index contributed by atoms with van der Waals surface area (Å²) in [6, 6.07) is 7.72. The van der Waals surface area contributed by atoms with Crippen LogP contribution in [0.25, 0.3) is 11.3 Å². The first-order valence-electron chi connectivity index (χ1n) is 7.51. The lowest BCUT2D eigenvalue weighted by molar-refractivity contribution is -0.138. The minimum Gasteiger partial charge on any atom is -0.478 e. The van der Waals surface area contributed by atoms with Gasteiger partial charge in [-0.25, -0.2) is 4.79 Å². The van der Waals surface area contributed by atoms with E-state index in [0.29, 0.717) is 5.56 Å². The molecule has 0 radical (unpaired) electrons. The second-order valence-corrected chi connectivity index (χ2v) is 6.14. The smallest absolute Gasteiger partial charge is 0.417 e. The molecule has 0 aliphatic carbocycles. The number of aromatic nitrogens is 1. The molecule has 2 rings (SSSR count). The van der Waals surface area contributed by atoms with E-state index in [1.807, 2.05) is 6.92 Å². The molecule has 0 saturated carbocycles. The van der Waals surface area contributed by atoms with Crippen molar-refractivity contribution in [3.8, 4) is 11.3 Å². The first-order valence-corrected chi connectivity index (χ1v) is 7.51. The average molecular weight is 337 g/mol. The Morgan fingerprint density at radius 1 is 1.21 bits per heavy atom. The van der Waals surface area contributed by atoms with Crippen LogP contribution in [0.1, 0.15) is 41.0 Å². The van der Waals surface area contributed by atoms with Crippen molar-refractivity contribution < 1.29 is 23.1 Å². The van der Waals surface area contributed by atoms with Crippen molar-refractivity contribution in [2.45, 2.75) is 33.4 Å². The number of hydrogen-bond donors (Lipinski definition) is 1. The fraction of sp³-hybridized carbons (Fsp3) is 0.333. The number of aromatic carboxylic acids is 1. The third kappa shape index (κ3) is 3.93. The predicted molar refractivity (Wildman–Crippen MR) is 84.9 cm³/mol. The number of carboxylic acid groups (broad SMARTS) is 1. The van der Waals surface area contributed by atoms with E-state index in [1.54, 1.807) is 38.1 Å². The summed E-state index contributed by atoms with van der Waals surface area (Å²) in [6.45, 7) is 5.48. The molecule has 6 heteroatoms. The third-order valence-corrected chi connectivity index (χ3v) is 3.56. The highest BCUT2D eigenvalue weighted by atomic mass is 19.4. The van der Waals surface area contributed by atoms with Gasteiger partial charge in [-0.3, -0.25) is 4.98 Å². The van der Waals surface area contributed by atoms with E-state index in [1.165, 1.54) is 0 Å². The summed E-state index contributed by atoms with van der Waals surface area (Å²) in [5, 5.41) is 9.28. The molecule has 0 atom stereocenters. The highest BCUT2D eigenvalue weighted by Crippen LogP contribution is 2.36. The fourth-order valence-corrected chi connectivity index (χ4v) is 2.47. The highest BCUT2D eigenvalue weighted by molar-refractivity contribution is 5.91. The summed E-state index contributed by atoms with van der Waals surface area (Å²) in [4.78, 5) is 15.7. The van der Waals surface area contributed by atoms with Gasteiger partial charge in [0.1, 0.15) is 0 Å². The highest BCUT2D eigenvalue weighted by Gasteiger charge is 2.38. The van der Waals surface area contributed by atoms with Gasteiger partial charge in [0, 0.05) is 5.56 Å². The number of aryl methyl sites for hydroxylation is 1. The molecule has 24 heavy (non-hydrogen) atoms. The van der Waals surface area contributed by atoms with Gasteiger partial charge in [-0.05, 0) is 25.3 Å². The Morgan fingerprint density at radius 3 is 2.25 bits per heavy atom. The predicted octanol–water partition coefficient (Wildman–Crippen LogP) is 4.97. The summed E-state index contributed by atoms with van der Waals surface area (Å²) in [5.41, 5.74) is -0.332. The van der Waals surface area contributed by atoms with Crippen LogP contribution < -0.4 is 0 Å². The summed E-state index contributed by atoms with van der Waals surface area (Å²) in [5.74, 6) is -1.63. The number of alkyl halides is 3. The minimum absolute atomic E-state index is 0.0232. The van der Waals surface area contributed by atoms with Gasteiger partial charge >= 0.3 is 12.1 Å². The van der Waals surface area contributed by atoms with E-state index in [0.717, 1.165) is 11.6 Å². The minimum atomic E-state index is -4.76. The van der Waals surface area contributed by atoms with E-state index < -0.39 is 23.3 Å². The fourth-order valence-electron chi connectivity index (χ4n) is 2.47. The van der Waals surface area contributed by atoms with Gasteiger partial charge < -0.3 is 5.11 Å². The zero-order chi connectivity index (χ0) is 18.1. The van der Waals surface area contributed by atoms with Gasteiger partial charge in [0.2, 0.25) is 0 Å². The topological polar surface area (TPSA) is 50.2 Å². The van der Waals surface area contributed by atoms with Gasteiger partial charge in [-0.2, -0.15) is 13.2 Å². The average Bonchev–Trinajstić information content (AvgIpc) is 2.45. The molecule has 2 aromatic rings. The monoisotopic (exact) mass is 337 g/mol. The number of benzene rings is 1. The molecule has 1 aromatic heterocycles. The normalized spacial score (nSPS) is 11.8. The number of nitrogens with zero attached hydrogens (tertiary/aromatic N) is 1. The van der Waals surface area contributed by atoms with Gasteiger partial charge in [-0.1, -0.05) is 43.7 Å². The zero-order valence-electron chi connectivity index (χ0n) is 13.6. The lowest BCUT2D eigenvalue weighted by atomic mass is 9.96. The summed E-state index contributed by atoms with van der Waals surface area (Å²) in [7, 11) is 0. The molecule has 0 saturated heterocycles. The zero-order valence-corrected chi connectivity index (χ0v) is 13.6. The quantitative estimate of drug-likeness (QED) is 0.857. The van der Waals surface area contributed by atoms with Crippen LogP contribution in [0.3, 0.4) is 0 Å². The maximum absolute atomic E-state index is 13.4. The maximum Gasteiger partial charge on any atom is 0.417 e. The van der Waals surface area contributed by atoms with Crippen LogP contribution >= 0.6 is 0 Å². The SMILES string of the molecule is Cc1ccc(-c2cc(C(F)(F)F)c(C(=O)O)c(CC(C)C)n2)cc1. The molecule has 0 aliphatic rings. The molecule has 0 spiro atoms. The van der Waals surface area contributed by atoms with E-state index in [4.69, 9.17) is 0 Å². The summed E-state index contributed by atoms with van der Waals surface area (Å²) in [6.07, 6.45) is -4.60. The molecule has 3 nitrogen and oxygen atoms in total. The van der Waals surface area contributed by atoms with Gasteiger partial charge in [-0.15, -0.1) is 0 Å². The van der Waals surface area contributed by atoms with E-state index in [-0.39, 0.29) is 23.7 Å². The van der Waals surface area contributed by atoms with Crippen LogP contribution in [0.4, 0.5) is 13.2 Å². The number of pyridine rings is 1. The van der Waals surface area contributed by atoms with Crippen molar-refractivity contribution in [1.82, 2.24) is 4.98 Å². The number of carboxylic acids is 1. The number of hydrogen-bond acceptors (Lipinski definition) is 2. The van der Waals surface area contributed by atoms with Gasteiger partial charge in [0.25, 0.3) is 0 Å². The lowest BCUT2D eigenvalue weighted by Gasteiger charge is -2.17.